The molecule has 0 spiro atoms. The van der Waals surface area contributed by atoms with E-state index in [1.54, 1.807) is 7.05 Å². The van der Waals surface area contributed by atoms with Crippen LogP contribution in [0.3, 0.4) is 0 Å². The Labute approximate surface area is 165 Å². The lowest BCUT2D eigenvalue weighted by Crippen LogP contribution is -2.41. The standard InChI is InChI=1S/C15H25N5O3S.HI/c1-16-15(18-7-10-20-8-2-3-9-20)17-6-4-14(21)19-13-5-11-24(22,23)12-13;/h2-3,8-9,13H,4-7,10-12H2,1H3,(H,19,21)(H2,16,17,18);1H. The van der Waals surface area contributed by atoms with Crippen molar-refractivity contribution in [2.24, 2.45) is 4.99 Å². The number of halogens is 1. The highest BCUT2D eigenvalue weighted by atomic mass is 127. The molecule has 1 unspecified atom stereocenters. The molecule has 2 heterocycles. The van der Waals surface area contributed by atoms with Gasteiger partial charge in [-0.25, -0.2) is 8.42 Å². The molecule has 0 aromatic carbocycles. The minimum absolute atomic E-state index is 0. The van der Waals surface area contributed by atoms with E-state index >= 15 is 0 Å². The highest BCUT2D eigenvalue weighted by molar-refractivity contribution is 14.0. The van der Waals surface area contributed by atoms with E-state index < -0.39 is 9.84 Å². The monoisotopic (exact) mass is 483 g/mol. The molecule has 142 valence electrons. The summed E-state index contributed by atoms with van der Waals surface area (Å²) in [6.07, 6.45) is 4.76. The Morgan fingerprint density at radius 1 is 1.24 bits per heavy atom. The molecule has 0 aliphatic carbocycles. The third-order valence-corrected chi connectivity index (χ3v) is 5.56. The number of carbonyl (C=O) groups is 1. The fourth-order valence-corrected chi connectivity index (χ4v) is 4.22. The van der Waals surface area contributed by atoms with Gasteiger partial charge in [-0.2, -0.15) is 0 Å². The zero-order valence-corrected chi connectivity index (χ0v) is 17.4. The summed E-state index contributed by atoms with van der Waals surface area (Å²) >= 11 is 0. The van der Waals surface area contributed by atoms with Crippen LogP contribution in [0.2, 0.25) is 0 Å². The van der Waals surface area contributed by atoms with Crippen LogP contribution in [0.1, 0.15) is 12.8 Å². The van der Waals surface area contributed by atoms with Crippen LogP contribution in [0.25, 0.3) is 0 Å². The Bertz CT molecular complexity index is 661. The second-order valence-corrected chi connectivity index (χ2v) is 7.99. The van der Waals surface area contributed by atoms with Crippen molar-refractivity contribution >= 4 is 45.7 Å². The van der Waals surface area contributed by atoms with Gasteiger partial charge in [-0.1, -0.05) is 0 Å². The molecule has 0 saturated carbocycles. The second kappa shape index (κ2) is 10.6. The number of amides is 1. The van der Waals surface area contributed by atoms with Crippen LogP contribution >= 0.6 is 24.0 Å². The van der Waals surface area contributed by atoms with Gasteiger partial charge >= 0.3 is 0 Å². The van der Waals surface area contributed by atoms with E-state index in [2.05, 4.69) is 25.5 Å². The molecular weight excluding hydrogens is 457 g/mol. The summed E-state index contributed by atoms with van der Waals surface area (Å²) in [6.45, 7) is 1.99. The van der Waals surface area contributed by atoms with E-state index in [-0.39, 0.29) is 53.9 Å². The number of aromatic nitrogens is 1. The van der Waals surface area contributed by atoms with Gasteiger partial charge in [0.05, 0.1) is 11.5 Å². The van der Waals surface area contributed by atoms with Crippen molar-refractivity contribution < 1.29 is 13.2 Å². The number of aliphatic imine (C=N–C) groups is 1. The van der Waals surface area contributed by atoms with Crippen molar-refractivity contribution in [2.45, 2.75) is 25.4 Å². The maximum absolute atomic E-state index is 11.8. The molecule has 3 N–H and O–H groups in total. The first-order valence-corrected chi connectivity index (χ1v) is 9.86. The summed E-state index contributed by atoms with van der Waals surface area (Å²) in [4.78, 5) is 15.9. The van der Waals surface area contributed by atoms with Gasteiger partial charge in [-0.15, -0.1) is 24.0 Å². The van der Waals surface area contributed by atoms with Gasteiger partial charge in [0.25, 0.3) is 0 Å². The third-order valence-electron chi connectivity index (χ3n) is 3.79. The average Bonchev–Trinajstić information content (AvgIpc) is 3.15. The minimum Gasteiger partial charge on any atom is -0.356 e. The summed E-state index contributed by atoms with van der Waals surface area (Å²) in [5.41, 5.74) is 0. The number of nitrogens with one attached hydrogen (secondary N) is 3. The SMILES string of the molecule is CN=C(NCCC(=O)NC1CCS(=O)(=O)C1)NCCn1cccc1.I. The lowest BCUT2D eigenvalue weighted by atomic mass is 10.2. The van der Waals surface area contributed by atoms with Crippen LogP contribution in [0.5, 0.6) is 0 Å². The van der Waals surface area contributed by atoms with Crippen molar-refractivity contribution in [3.8, 4) is 0 Å². The van der Waals surface area contributed by atoms with E-state index in [1.165, 1.54) is 0 Å². The Hall–Kier alpha value is -1.30. The molecule has 1 amide bonds. The summed E-state index contributed by atoms with van der Waals surface area (Å²) < 4.78 is 24.8. The highest BCUT2D eigenvalue weighted by Crippen LogP contribution is 2.11. The fourth-order valence-electron chi connectivity index (χ4n) is 2.55. The molecule has 1 aliphatic heterocycles. The largest absolute Gasteiger partial charge is 0.356 e. The van der Waals surface area contributed by atoms with E-state index in [9.17, 15) is 13.2 Å². The van der Waals surface area contributed by atoms with E-state index in [4.69, 9.17) is 0 Å². The second-order valence-electron chi connectivity index (χ2n) is 5.76. The normalized spacial score (nSPS) is 19.1. The minimum atomic E-state index is -2.97. The van der Waals surface area contributed by atoms with Crippen molar-refractivity contribution in [3.05, 3.63) is 24.5 Å². The number of rotatable bonds is 7. The van der Waals surface area contributed by atoms with Crippen LogP contribution in [-0.4, -0.2) is 62.5 Å². The molecule has 8 nitrogen and oxygen atoms in total. The molecular formula is C15H26IN5O3S. The number of nitrogens with zero attached hydrogens (tertiary/aromatic N) is 2. The lowest BCUT2D eigenvalue weighted by molar-refractivity contribution is -0.121. The summed E-state index contributed by atoms with van der Waals surface area (Å²) in [7, 11) is -1.29. The molecule has 1 fully saturated rings. The van der Waals surface area contributed by atoms with Gasteiger partial charge in [0.1, 0.15) is 0 Å². The number of hydrogen-bond donors (Lipinski definition) is 3. The Balaban J connectivity index is 0.00000312. The number of carbonyl (C=O) groups excluding carboxylic acids is 1. The quantitative estimate of drug-likeness (QED) is 0.287. The zero-order chi connectivity index (χ0) is 17.4. The van der Waals surface area contributed by atoms with Crippen LogP contribution in [-0.2, 0) is 21.2 Å². The molecule has 2 rings (SSSR count). The van der Waals surface area contributed by atoms with Crippen molar-refractivity contribution in [3.63, 3.8) is 0 Å². The Kier molecular flexibility index (Phi) is 9.25. The molecule has 1 aromatic rings. The van der Waals surface area contributed by atoms with Crippen LogP contribution in [0.15, 0.2) is 29.5 Å². The first-order valence-electron chi connectivity index (χ1n) is 8.03. The van der Waals surface area contributed by atoms with Gasteiger partial charge in [-0.05, 0) is 18.6 Å². The van der Waals surface area contributed by atoms with Crippen LogP contribution in [0, 0.1) is 0 Å². The molecule has 1 aromatic heterocycles. The average molecular weight is 483 g/mol. The first-order chi connectivity index (χ1) is 11.5. The van der Waals surface area contributed by atoms with Gasteiger partial charge in [0.15, 0.2) is 15.8 Å². The zero-order valence-electron chi connectivity index (χ0n) is 14.3. The van der Waals surface area contributed by atoms with Gasteiger partial charge in [0, 0.05) is 51.5 Å². The van der Waals surface area contributed by atoms with E-state index in [0.717, 1.165) is 13.1 Å². The fraction of sp³-hybridized carbons (Fsp3) is 0.600. The van der Waals surface area contributed by atoms with Crippen molar-refractivity contribution in [2.75, 3.05) is 31.6 Å². The van der Waals surface area contributed by atoms with Gasteiger partial charge in [0.2, 0.25) is 5.91 Å². The smallest absolute Gasteiger partial charge is 0.222 e. The van der Waals surface area contributed by atoms with E-state index in [1.807, 2.05) is 24.5 Å². The van der Waals surface area contributed by atoms with Gasteiger partial charge in [-0.3, -0.25) is 9.79 Å². The van der Waals surface area contributed by atoms with Crippen molar-refractivity contribution in [1.29, 1.82) is 0 Å². The topological polar surface area (TPSA) is 105 Å². The Morgan fingerprint density at radius 3 is 2.52 bits per heavy atom. The molecule has 0 radical (unpaired) electrons. The molecule has 10 heteroatoms. The van der Waals surface area contributed by atoms with Gasteiger partial charge < -0.3 is 20.5 Å². The maximum Gasteiger partial charge on any atom is 0.222 e. The summed E-state index contributed by atoms with van der Waals surface area (Å²) in [5.74, 6) is 0.703. The molecule has 1 saturated heterocycles. The molecule has 1 aliphatic rings. The van der Waals surface area contributed by atoms with Crippen LogP contribution in [0.4, 0.5) is 0 Å². The third kappa shape index (κ3) is 8.08. The number of guanidine groups is 1. The van der Waals surface area contributed by atoms with Crippen molar-refractivity contribution in [1.82, 2.24) is 20.5 Å². The Morgan fingerprint density at radius 2 is 1.92 bits per heavy atom. The molecule has 0 bridgehead atoms. The summed E-state index contributed by atoms with van der Waals surface area (Å²) in [6, 6.07) is 3.70. The predicted octanol–water partition coefficient (Wildman–Crippen LogP) is -0.0355. The predicted molar refractivity (Wildman–Crippen MR) is 109 cm³/mol. The maximum atomic E-state index is 11.8. The van der Waals surface area contributed by atoms with Crippen LogP contribution < -0.4 is 16.0 Å². The first kappa shape index (κ1) is 21.7. The van der Waals surface area contributed by atoms with E-state index in [0.29, 0.717) is 18.9 Å². The highest BCUT2D eigenvalue weighted by Gasteiger charge is 2.28. The lowest BCUT2D eigenvalue weighted by Gasteiger charge is -2.13. The molecule has 25 heavy (non-hydrogen) atoms. The summed E-state index contributed by atoms with van der Waals surface area (Å²) in [5, 5.41) is 9.01. The number of sulfone groups is 1. The number of hydrogen-bond acceptors (Lipinski definition) is 4. The molecule has 1 atom stereocenters.